The number of nitrogens with one attached hydrogen (secondary N) is 1. The van der Waals surface area contributed by atoms with Crippen LogP contribution in [0.3, 0.4) is 0 Å². The molecule has 0 aromatic heterocycles. The van der Waals surface area contributed by atoms with Crippen LogP contribution in [-0.2, 0) is 9.84 Å². The minimum absolute atomic E-state index is 0.0561. The number of sulfone groups is 1. The molecule has 5 nitrogen and oxygen atoms in total. The summed E-state index contributed by atoms with van der Waals surface area (Å²) in [4.78, 5) is 0. The zero-order chi connectivity index (χ0) is 13.2. The molecule has 1 atom stereocenters. The van der Waals surface area contributed by atoms with E-state index in [0.29, 0.717) is 23.6 Å². The van der Waals surface area contributed by atoms with E-state index in [1.54, 1.807) is 19.2 Å². The van der Waals surface area contributed by atoms with Gasteiger partial charge in [-0.1, -0.05) is 0 Å². The van der Waals surface area contributed by atoms with Crippen LogP contribution < -0.4 is 15.8 Å². The molecule has 18 heavy (non-hydrogen) atoms. The zero-order valence-corrected chi connectivity index (χ0v) is 11.2. The Balaban J connectivity index is 2.09. The Hall–Kier alpha value is -1.43. The fourth-order valence-corrected chi connectivity index (χ4v) is 3.79. The Morgan fingerprint density at radius 1 is 1.44 bits per heavy atom. The topological polar surface area (TPSA) is 81.4 Å². The predicted octanol–water partition coefficient (Wildman–Crippen LogP) is 1.27. The Morgan fingerprint density at radius 2 is 2.22 bits per heavy atom. The molecule has 0 aliphatic carbocycles. The van der Waals surface area contributed by atoms with E-state index in [1.807, 2.05) is 6.07 Å². The van der Waals surface area contributed by atoms with Gasteiger partial charge in [-0.2, -0.15) is 0 Å². The van der Waals surface area contributed by atoms with Gasteiger partial charge >= 0.3 is 0 Å². The summed E-state index contributed by atoms with van der Waals surface area (Å²) in [6.45, 7) is 0. The van der Waals surface area contributed by atoms with Crippen molar-refractivity contribution in [3.05, 3.63) is 18.2 Å². The van der Waals surface area contributed by atoms with Crippen molar-refractivity contribution in [1.82, 2.24) is 0 Å². The van der Waals surface area contributed by atoms with Crippen LogP contribution in [0.4, 0.5) is 11.4 Å². The van der Waals surface area contributed by atoms with Gasteiger partial charge in [0.05, 0.1) is 30.0 Å². The largest absolute Gasteiger partial charge is 0.497 e. The lowest BCUT2D eigenvalue weighted by atomic mass is 10.1. The van der Waals surface area contributed by atoms with Gasteiger partial charge in [-0.3, -0.25) is 0 Å². The van der Waals surface area contributed by atoms with E-state index in [2.05, 4.69) is 5.32 Å². The summed E-state index contributed by atoms with van der Waals surface area (Å²) in [6, 6.07) is 5.28. The van der Waals surface area contributed by atoms with Gasteiger partial charge in [-0.15, -0.1) is 0 Å². The van der Waals surface area contributed by atoms with Crippen LogP contribution in [0.25, 0.3) is 0 Å². The summed E-state index contributed by atoms with van der Waals surface area (Å²) in [5.41, 5.74) is 7.22. The van der Waals surface area contributed by atoms with Crippen LogP contribution in [-0.4, -0.2) is 33.1 Å². The number of nitrogen functional groups attached to an aromatic ring is 1. The summed E-state index contributed by atoms with van der Waals surface area (Å²) < 4.78 is 28.2. The lowest BCUT2D eigenvalue weighted by Gasteiger charge is -2.24. The number of anilines is 2. The maximum atomic E-state index is 11.5. The maximum Gasteiger partial charge on any atom is 0.152 e. The second-order valence-electron chi connectivity index (χ2n) is 4.55. The number of nitrogens with two attached hydrogens (primary N) is 1. The molecule has 0 amide bonds. The molecule has 1 aromatic rings. The highest BCUT2D eigenvalue weighted by molar-refractivity contribution is 7.91. The molecular weight excluding hydrogens is 252 g/mol. The molecule has 0 spiro atoms. The number of hydrogen-bond acceptors (Lipinski definition) is 5. The third kappa shape index (κ3) is 3.07. The first-order valence-corrected chi connectivity index (χ1v) is 7.73. The average Bonchev–Trinajstić information content (AvgIpc) is 2.30. The van der Waals surface area contributed by atoms with E-state index in [0.717, 1.165) is 12.1 Å². The van der Waals surface area contributed by atoms with E-state index in [4.69, 9.17) is 10.5 Å². The third-order valence-corrected chi connectivity index (χ3v) is 4.90. The third-order valence-electron chi connectivity index (χ3n) is 3.08. The van der Waals surface area contributed by atoms with Gasteiger partial charge < -0.3 is 15.8 Å². The summed E-state index contributed by atoms with van der Waals surface area (Å²) in [7, 11) is -1.33. The van der Waals surface area contributed by atoms with Crippen LogP contribution in [0.5, 0.6) is 5.75 Å². The summed E-state index contributed by atoms with van der Waals surface area (Å²) >= 11 is 0. The molecule has 1 unspecified atom stereocenters. The molecule has 100 valence electrons. The van der Waals surface area contributed by atoms with Gasteiger partial charge in [0, 0.05) is 12.1 Å². The van der Waals surface area contributed by atoms with Crippen LogP contribution in [0.2, 0.25) is 0 Å². The van der Waals surface area contributed by atoms with Crippen molar-refractivity contribution >= 4 is 21.2 Å². The van der Waals surface area contributed by atoms with Crippen molar-refractivity contribution < 1.29 is 13.2 Å². The molecule has 1 fully saturated rings. The molecule has 0 radical (unpaired) electrons. The van der Waals surface area contributed by atoms with Gasteiger partial charge in [0.2, 0.25) is 0 Å². The first kappa shape index (κ1) is 13.0. The summed E-state index contributed by atoms with van der Waals surface area (Å²) in [6.07, 6.45) is 1.56. The number of benzene rings is 1. The SMILES string of the molecule is COc1ccc(NC2CCCS(=O)(=O)C2)c(N)c1. The molecule has 1 heterocycles. The standard InChI is InChI=1S/C12H18N2O3S/c1-17-10-4-5-12(11(13)7-10)14-9-3-2-6-18(15,16)8-9/h4-5,7,9,14H,2-3,6,8,13H2,1H3. The number of methoxy groups -OCH3 is 1. The molecule has 1 aromatic carbocycles. The highest BCUT2D eigenvalue weighted by atomic mass is 32.2. The normalized spacial score (nSPS) is 22.4. The fraction of sp³-hybridized carbons (Fsp3) is 0.500. The van der Waals surface area contributed by atoms with Crippen LogP contribution in [0.15, 0.2) is 18.2 Å². The molecule has 1 aliphatic rings. The smallest absolute Gasteiger partial charge is 0.152 e. The van der Waals surface area contributed by atoms with Crippen LogP contribution >= 0.6 is 0 Å². The molecule has 1 saturated heterocycles. The molecule has 3 N–H and O–H groups in total. The molecule has 6 heteroatoms. The zero-order valence-electron chi connectivity index (χ0n) is 10.3. The van der Waals surface area contributed by atoms with E-state index < -0.39 is 9.84 Å². The maximum absolute atomic E-state index is 11.5. The first-order valence-electron chi connectivity index (χ1n) is 5.90. The summed E-state index contributed by atoms with van der Waals surface area (Å²) in [5, 5.41) is 3.20. The van der Waals surface area contributed by atoms with E-state index in [-0.39, 0.29) is 11.8 Å². The molecule has 0 bridgehead atoms. The van der Waals surface area contributed by atoms with E-state index in [1.165, 1.54) is 0 Å². The molecule has 0 saturated carbocycles. The number of hydrogen-bond donors (Lipinski definition) is 2. The minimum Gasteiger partial charge on any atom is -0.497 e. The fourth-order valence-electron chi connectivity index (χ4n) is 2.16. The predicted molar refractivity (Wildman–Crippen MR) is 72.7 cm³/mol. The second kappa shape index (κ2) is 5.06. The van der Waals surface area contributed by atoms with Crippen molar-refractivity contribution in [1.29, 1.82) is 0 Å². The van der Waals surface area contributed by atoms with Gasteiger partial charge in [0.15, 0.2) is 9.84 Å². The van der Waals surface area contributed by atoms with Crippen molar-refractivity contribution in [2.24, 2.45) is 0 Å². The second-order valence-corrected chi connectivity index (χ2v) is 6.78. The van der Waals surface area contributed by atoms with E-state index >= 15 is 0 Å². The van der Waals surface area contributed by atoms with Crippen LogP contribution in [0.1, 0.15) is 12.8 Å². The average molecular weight is 270 g/mol. The summed E-state index contributed by atoms with van der Waals surface area (Å²) in [5.74, 6) is 1.16. The molecule has 2 rings (SSSR count). The highest BCUT2D eigenvalue weighted by Gasteiger charge is 2.24. The van der Waals surface area contributed by atoms with Gasteiger partial charge in [0.1, 0.15) is 5.75 Å². The Morgan fingerprint density at radius 3 is 2.83 bits per heavy atom. The van der Waals surface area contributed by atoms with Gasteiger partial charge in [-0.05, 0) is 25.0 Å². The highest BCUT2D eigenvalue weighted by Crippen LogP contribution is 2.26. The van der Waals surface area contributed by atoms with Crippen molar-refractivity contribution in [3.63, 3.8) is 0 Å². The van der Waals surface area contributed by atoms with Crippen LogP contribution in [0, 0.1) is 0 Å². The monoisotopic (exact) mass is 270 g/mol. The Labute approximate surface area is 107 Å². The molecule has 1 aliphatic heterocycles. The van der Waals surface area contributed by atoms with Crippen molar-refractivity contribution in [3.8, 4) is 5.75 Å². The molecular formula is C12H18N2O3S. The Bertz CT molecular complexity index is 528. The number of ether oxygens (including phenoxy) is 1. The number of rotatable bonds is 3. The Kier molecular flexibility index (Phi) is 3.65. The van der Waals surface area contributed by atoms with Crippen molar-refractivity contribution in [2.45, 2.75) is 18.9 Å². The first-order chi connectivity index (χ1) is 8.50. The quantitative estimate of drug-likeness (QED) is 0.808. The lowest BCUT2D eigenvalue weighted by Crippen LogP contribution is -2.35. The lowest BCUT2D eigenvalue weighted by molar-refractivity contribution is 0.415. The van der Waals surface area contributed by atoms with Crippen molar-refractivity contribution in [2.75, 3.05) is 29.7 Å². The van der Waals surface area contributed by atoms with Gasteiger partial charge in [-0.25, -0.2) is 8.42 Å². The minimum atomic E-state index is -2.91. The van der Waals surface area contributed by atoms with Gasteiger partial charge in [0.25, 0.3) is 0 Å². The van der Waals surface area contributed by atoms with E-state index in [9.17, 15) is 8.42 Å².